The average molecular weight is 351 g/mol. The summed E-state index contributed by atoms with van der Waals surface area (Å²) in [4.78, 5) is 23.2. The minimum Gasteiger partial charge on any atom is -0.341 e. The Morgan fingerprint density at radius 2 is 1.72 bits per heavy atom. The number of benzene rings is 2. The summed E-state index contributed by atoms with van der Waals surface area (Å²) in [6.07, 6.45) is 3.42. The van der Waals surface area contributed by atoms with Crippen molar-refractivity contribution in [3.8, 4) is 0 Å². The number of likely N-dealkylation sites (tertiary alicyclic amines) is 1. The standard InChI is InChI=1S/C20H21N3OS/c24-19(23-13-7-2-8-14-23)18(15-9-3-1-4-10-15)25-20-21-16-11-5-6-12-17(16)22-20/h1,3-6,9-12,18H,2,7-8,13-14H2,(H,21,22)/t18-/m0/s1. The number of amides is 1. The van der Waals surface area contributed by atoms with Crippen LogP contribution < -0.4 is 0 Å². The molecule has 1 N–H and O–H groups in total. The largest absolute Gasteiger partial charge is 0.341 e. The van der Waals surface area contributed by atoms with Crippen LogP contribution in [0.2, 0.25) is 0 Å². The minimum atomic E-state index is -0.264. The third-order valence-electron chi connectivity index (χ3n) is 4.59. The fourth-order valence-electron chi connectivity index (χ4n) is 3.27. The van der Waals surface area contributed by atoms with Crippen molar-refractivity contribution in [3.63, 3.8) is 0 Å². The fourth-order valence-corrected chi connectivity index (χ4v) is 4.35. The number of aromatic nitrogens is 2. The van der Waals surface area contributed by atoms with E-state index in [4.69, 9.17) is 0 Å². The Bertz CT molecular complexity index is 823. The number of carbonyl (C=O) groups is 1. The number of hydrogen-bond acceptors (Lipinski definition) is 3. The van der Waals surface area contributed by atoms with Crippen LogP contribution in [0.1, 0.15) is 30.1 Å². The molecule has 128 valence electrons. The average Bonchev–Trinajstić information content (AvgIpc) is 3.09. The smallest absolute Gasteiger partial charge is 0.240 e. The number of para-hydroxylation sites is 2. The number of imidazole rings is 1. The van der Waals surface area contributed by atoms with Gasteiger partial charge in [0.05, 0.1) is 11.0 Å². The third-order valence-corrected chi connectivity index (χ3v) is 5.72. The first-order valence-electron chi connectivity index (χ1n) is 8.76. The maximum absolute atomic E-state index is 13.2. The van der Waals surface area contributed by atoms with Crippen molar-refractivity contribution in [2.75, 3.05) is 13.1 Å². The van der Waals surface area contributed by atoms with Crippen molar-refractivity contribution in [2.24, 2.45) is 0 Å². The van der Waals surface area contributed by atoms with E-state index in [1.807, 2.05) is 59.5 Å². The number of rotatable bonds is 4. The number of thioether (sulfide) groups is 1. The van der Waals surface area contributed by atoms with Crippen LogP contribution in [-0.4, -0.2) is 33.9 Å². The number of H-pyrrole nitrogens is 1. The Morgan fingerprint density at radius 1 is 1.00 bits per heavy atom. The van der Waals surface area contributed by atoms with Crippen LogP contribution in [0.5, 0.6) is 0 Å². The van der Waals surface area contributed by atoms with Crippen LogP contribution in [0.4, 0.5) is 0 Å². The van der Waals surface area contributed by atoms with E-state index in [1.54, 1.807) is 0 Å². The molecule has 1 aliphatic heterocycles. The van der Waals surface area contributed by atoms with E-state index in [2.05, 4.69) is 9.97 Å². The molecule has 0 spiro atoms. The molecule has 1 saturated heterocycles. The van der Waals surface area contributed by atoms with E-state index in [0.29, 0.717) is 0 Å². The van der Waals surface area contributed by atoms with E-state index in [0.717, 1.165) is 47.7 Å². The molecule has 4 rings (SSSR count). The normalized spacial score (nSPS) is 16.1. The van der Waals surface area contributed by atoms with E-state index >= 15 is 0 Å². The molecule has 1 atom stereocenters. The molecule has 1 amide bonds. The summed E-state index contributed by atoms with van der Waals surface area (Å²) in [5.74, 6) is 0.191. The van der Waals surface area contributed by atoms with Crippen LogP contribution in [0.15, 0.2) is 59.8 Å². The lowest BCUT2D eigenvalue weighted by Crippen LogP contribution is -2.38. The van der Waals surface area contributed by atoms with Gasteiger partial charge in [-0.25, -0.2) is 4.98 Å². The fraction of sp³-hybridized carbons (Fsp3) is 0.300. The number of nitrogens with zero attached hydrogens (tertiary/aromatic N) is 2. The van der Waals surface area contributed by atoms with E-state index in [9.17, 15) is 4.79 Å². The molecule has 0 unspecified atom stereocenters. The van der Waals surface area contributed by atoms with Crippen molar-refractivity contribution in [2.45, 2.75) is 29.7 Å². The second-order valence-corrected chi connectivity index (χ2v) is 7.45. The number of nitrogens with one attached hydrogen (secondary N) is 1. The maximum atomic E-state index is 13.2. The molecule has 25 heavy (non-hydrogen) atoms. The van der Waals surface area contributed by atoms with Crippen LogP contribution >= 0.6 is 11.8 Å². The maximum Gasteiger partial charge on any atom is 0.240 e. The van der Waals surface area contributed by atoms with Crippen LogP contribution in [0, 0.1) is 0 Å². The zero-order valence-electron chi connectivity index (χ0n) is 14.0. The monoisotopic (exact) mass is 351 g/mol. The molecule has 0 saturated carbocycles. The van der Waals surface area contributed by atoms with E-state index in [-0.39, 0.29) is 11.2 Å². The van der Waals surface area contributed by atoms with Gasteiger partial charge in [-0.3, -0.25) is 4.79 Å². The molecule has 2 aromatic carbocycles. The van der Waals surface area contributed by atoms with Crippen LogP contribution in [-0.2, 0) is 4.79 Å². The van der Waals surface area contributed by atoms with Gasteiger partial charge < -0.3 is 9.88 Å². The molecule has 0 radical (unpaired) electrons. The van der Waals surface area contributed by atoms with Crippen molar-refractivity contribution >= 4 is 28.7 Å². The highest BCUT2D eigenvalue weighted by atomic mass is 32.2. The zero-order chi connectivity index (χ0) is 17.1. The molecule has 4 nitrogen and oxygen atoms in total. The predicted molar refractivity (Wildman–Crippen MR) is 102 cm³/mol. The Hall–Kier alpha value is -2.27. The number of carbonyl (C=O) groups excluding carboxylic acids is 1. The first-order valence-corrected chi connectivity index (χ1v) is 9.64. The molecule has 3 aromatic rings. The van der Waals surface area contributed by atoms with E-state index < -0.39 is 0 Å². The Kier molecular flexibility index (Phi) is 4.74. The summed E-state index contributed by atoms with van der Waals surface area (Å²) in [6.45, 7) is 1.73. The summed E-state index contributed by atoms with van der Waals surface area (Å²) >= 11 is 1.51. The Balaban J connectivity index is 1.63. The minimum absolute atomic E-state index is 0.191. The van der Waals surface area contributed by atoms with Gasteiger partial charge in [0.1, 0.15) is 5.25 Å². The highest BCUT2D eigenvalue weighted by Crippen LogP contribution is 2.36. The van der Waals surface area contributed by atoms with Crippen molar-refractivity contribution < 1.29 is 4.79 Å². The molecular weight excluding hydrogens is 330 g/mol. The van der Waals surface area contributed by atoms with Gasteiger partial charge in [-0.15, -0.1) is 0 Å². The Morgan fingerprint density at radius 3 is 2.48 bits per heavy atom. The van der Waals surface area contributed by atoms with Crippen molar-refractivity contribution in [1.29, 1.82) is 0 Å². The van der Waals surface area contributed by atoms with Gasteiger partial charge in [0, 0.05) is 13.1 Å². The molecule has 1 aromatic heterocycles. The molecule has 2 heterocycles. The molecule has 1 aliphatic rings. The van der Waals surface area contributed by atoms with Gasteiger partial charge in [-0.05, 0) is 37.0 Å². The van der Waals surface area contributed by atoms with Gasteiger partial charge in [0.25, 0.3) is 0 Å². The summed E-state index contributed by atoms with van der Waals surface area (Å²) < 4.78 is 0. The van der Waals surface area contributed by atoms with Gasteiger partial charge >= 0.3 is 0 Å². The van der Waals surface area contributed by atoms with Gasteiger partial charge in [-0.1, -0.05) is 54.2 Å². The number of fused-ring (bicyclic) bond motifs is 1. The summed E-state index contributed by atoms with van der Waals surface area (Å²) in [5, 5.41) is 0.528. The number of aromatic amines is 1. The third kappa shape index (κ3) is 3.56. The second kappa shape index (κ2) is 7.31. The molecular formula is C20H21N3OS. The SMILES string of the molecule is O=C([C@@H](Sc1nc2ccccc2[nH]1)c1ccccc1)N1CCCCC1. The first kappa shape index (κ1) is 16.2. The number of hydrogen-bond donors (Lipinski definition) is 1. The zero-order valence-corrected chi connectivity index (χ0v) is 14.8. The lowest BCUT2D eigenvalue weighted by atomic mass is 10.1. The van der Waals surface area contributed by atoms with E-state index in [1.165, 1.54) is 18.2 Å². The lowest BCUT2D eigenvalue weighted by molar-refractivity contribution is -0.131. The first-order chi connectivity index (χ1) is 12.3. The second-order valence-electron chi connectivity index (χ2n) is 6.35. The summed E-state index contributed by atoms with van der Waals surface area (Å²) in [7, 11) is 0. The predicted octanol–water partition coefficient (Wildman–Crippen LogP) is 4.41. The van der Waals surface area contributed by atoms with Gasteiger partial charge in [0.15, 0.2) is 5.16 Å². The number of piperidine rings is 1. The van der Waals surface area contributed by atoms with Crippen LogP contribution in [0.3, 0.4) is 0 Å². The summed E-state index contributed by atoms with van der Waals surface area (Å²) in [5.41, 5.74) is 2.97. The topological polar surface area (TPSA) is 49.0 Å². The van der Waals surface area contributed by atoms with Crippen LogP contribution in [0.25, 0.3) is 11.0 Å². The van der Waals surface area contributed by atoms with Crippen molar-refractivity contribution in [3.05, 3.63) is 60.2 Å². The van der Waals surface area contributed by atoms with Crippen molar-refractivity contribution in [1.82, 2.24) is 14.9 Å². The lowest BCUT2D eigenvalue weighted by Gasteiger charge is -2.30. The molecule has 0 bridgehead atoms. The highest BCUT2D eigenvalue weighted by Gasteiger charge is 2.28. The van der Waals surface area contributed by atoms with Gasteiger partial charge in [-0.2, -0.15) is 0 Å². The molecule has 5 heteroatoms. The van der Waals surface area contributed by atoms with Gasteiger partial charge in [0.2, 0.25) is 5.91 Å². The summed E-state index contributed by atoms with van der Waals surface area (Å²) in [6, 6.07) is 18.0. The molecule has 0 aliphatic carbocycles. The highest BCUT2D eigenvalue weighted by molar-refractivity contribution is 8.00. The Labute approximate surface area is 151 Å². The quantitative estimate of drug-likeness (QED) is 0.708. The molecule has 1 fully saturated rings.